The van der Waals surface area contributed by atoms with Gasteiger partial charge < -0.3 is 15.1 Å². The zero-order valence-electron chi connectivity index (χ0n) is 12.6. The van der Waals surface area contributed by atoms with Crippen molar-refractivity contribution in [3.05, 3.63) is 46.5 Å². The Morgan fingerprint density at radius 1 is 1.30 bits per heavy atom. The Bertz CT molecular complexity index is 855. The third kappa shape index (κ3) is 3.40. The normalized spacial score (nSPS) is 12.1. The molecule has 3 aromatic rings. The van der Waals surface area contributed by atoms with E-state index in [0.717, 1.165) is 0 Å². The summed E-state index contributed by atoms with van der Waals surface area (Å²) < 4.78 is 5.39. The van der Waals surface area contributed by atoms with Crippen molar-refractivity contribution in [3.63, 3.8) is 0 Å². The molecule has 2 heterocycles. The molecule has 1 atom stereocenters. The topological polar surface area (TPSA) is 84.2 Å². The molecule has 1 unspecified atom stereocenters. The number of fused-ring (bicyclic) bond motifs is 1. The molecule has 0 bridgehead atoms. The van der Waals surface area contributed by atoms with Gasteiger partial charge in [-0.05, 0) is 36.6 Å². The molecule has 6 nitrogen and oxygen atoms in total. The molecular weight excluding hydrogens is 314 g/mol. The van der Waals surface area contributed by atoms with E-state index < -0.39 is 6.04 Å². The van der Waals surface area contributed by atoms with Crippen LogP contribution >= 0.6 is 11.3 Å². The van der Waals surface area contributed by atoms with Gasteiger partial charge in [0.05, 0.1) is 4.88 Å². The molecule has 0 saturated heterocycles. The van der Waals surface area contributed by atoms with Gasteiger partial charge in [0.2, 0.25) is 5.91 Å². The fourth-order valence-corrected chi connectivity index (χ4v) is 2.74. The Kier molecular flexibility index (Phi) is 4.12. The highest BCUT2D eigenvalue weighted by Gasteiger charge is 2.17. The Balaban J connectivity index is 1.66. The molecule has 0 fully saturated rings. The molecular formula is C16H15N3O3S. The van der Waals surface area contributed by atoms with Crippen molar-refractivity contribution < 1.29 is 14.0 Å². The Morgan fingerprint density at radius 3 is 2.87 bits per heavy atom. The van der Waals surface area contributed by atoms with Crippen LogP contribution in [0.2, 0.25) is 0 Å². The summed E-state index contributed by atoms with van der Waals surface area (Å²) in [5, 5.41) is 7.24. The molecule has 7 heteroatoms. The Hall–Kier alpha value is -2.67. The van der Waals surface area contributed by atoms with E-state index >= 15 is 0 Å². The number of aromatic nitrogens is 1. The highest BCUT2D eigenvalue weighted by atomic mass is 32.1. The molecule has 2 aromatic heterocycles. The lowest BCUT2D eigenvalue weighted by Gasteiger charge is -2.13. The number of nitrogens with one attached hydrogen (secondary N) is 2. The van der Waals surface area contributed by atoms with E-state index in [-0.39, 0.29) is 11.8 Å². The predicted octanol–water partition coefficient (Wildman–Crippen LogP) is 2.95. The van der Waals surface area contributed by atoms with Crippen LogP contribution in [0.25, 0.3) is 11.1 Å². The zero-order chi connectivity index (χ0) is 16.4. The van der Waals surface area contributed by atoms with Crippen molar-refractivity contribution in [1.82, 2.24) is 10.3 Å². The molecule has 118 valence electrons. The maximum Gasteiger partial charge on any atom is 0.261 e. The first-order valence-electron chi connectivity index (χ1n) is 7.05. The van der Waals surface area contributed by atoms with Crippen molar-refractivity contribution in [2.45, 2.75) is 19.9 Å². The minimum Gasteiger partial charge on any atom is -0.441 e. The molecule has 0 aliphatic rings. The molecule has 1 aromatic carbocycles. The second-order valence-corrected chi connectivity index (χ2v) is 6.02. The average Bonchev–Trinajstić information content (AvgIpc) is 3.14. The quantitative estimate of drug-likeness (QED) is 0.771. The van der Waals surface area contributed by atoms with Crippen LogP contribution in [-0.4, -0.2) is 22.8 Å². The van der Waals surface area contributed by atoms with Gasteiger partial charge in [0.25, 0.3) is 5.91 Å². The highest BCUT2D eigenvalue weighted by molar-refractivity contribution is 7.12. The summed E-state index contributed by atoms with van der Waals surface area (Å²) in [5.74, 6) is 0.0137. The number of carbonyl (C=O) groups excluding carboxylic acids is 2. The second kappa shape index (κ2) is 6.21. The lowest BCUT2D eigenvalue weighted by molar-refractivity contribution is -0.117. The molecule has 0 aliphatic heterocycles. The first kappa shape index (κ1) is 15.2. The number of amides is 2. The predicted molar refractivity (Wildman–Crippen MR) is 88.6 cm³/mol. The molecule has 0 saturated carbocycles. The van der Waals surface area contributed by atoms with Gasteiger partial charge in [-0.15, -0.1) is 11.3 Å². The van der Waals surface area contributed by atoms with Gasteiger partial charge >= 0.3 is 0 Å². The van der Waals surface area contributed by atoms with Gasteiger partial charge in [-0.25, -0.2) is 4.98 Å². The molecule has 0 radical (unpaired) electrons. The van der Waals surface area contributed by atoms with Crippen LogP contribution in [-0.2, 0) is 4.79 Å². The van der Waals surface area contributed by atoms with Crippen molar-refractivity contribution in [3.8, 4) is 0 Å². The summed E-state index contributed by atoms with van der Waals surface area (Å²) in [6.07, 6.45) is 0. The van der Waals surface area contributed by atoms with E-state index in [0.29, 0.717) is 27.6 Å². The van der Waals surface area contributed by atoms with Gasteiger partial charge in [-0.2, -0.15) is 0 Å². The SMILES string of the molecule is Cc1nc2cc(NC(=O)C(C)NC(=O)c3cccs3)ccc2o1. The van der Waals surface area contributed by atoms with Crippen LogP contribution in [0.15, 0.2) is 40.1 Å². The number of carbonyl (C=O) groups is 2. The van der Waals surface area contributed by atoms with Crippen LogP contribution < -0.4 is 10.6 Å². The number of oxazole rings is 1. The largest absolute Gasteiger partial charge is 0.441 e. The lowest BCUT2D eigenvalue weighted by Crippen LogP contribution is -2.41. The minimum absolute atomic E-state index is 0.259. The molecule has 3 rings (SSSR count). The van der Waals surface area contributed by atoms with Crippen LogP contribution in [0.1, 0.15) is 22.5 Å². The summed E-state index contributed by atoms with van der Waals surface area (Å²) in [5.41, 5.74) is 1.95. The van der Waals surface area contributed by atoms with E-state index in [1.165, 1.54) is 11.3 Å². The van der Waals surface area contributed by atoms with Crippen molar-refractivity contribution in [1.29, 1.82) is 0 Å². The van der Waals surface area contributed by atoms with E-state index in [1.54, 1.807) is 44.2 Å². The fourth-order valence-electron chi connectivity index (χ4n) is 2.11. The summed E-state index contributed by atoms with van der Waals surface area (Å²) in [6.45, 7) is 3.40. The van der Waals surface area contributed by atoms with Gasteiger partial charge in [0.15, 0.2) is 11.5 Å². The maximum atomic E-state index is 12.2. The number of thiophene rings is 1. The first-order valence-corrected chi connectivity index (χ1v) is 7.93. The summed E-state index contributed by atoms with van der Waals surface area (Å²) >= 11 is 1.33. The lowest BCUT2D eigenvalue weighted by atomic mass is 10.2. The molecule has 2 amide bonds. The highest BCUT2D eigenvalue weighted by Crippen LogP contribution is 2.19. The van der Waals surface area contributed by atoms with Crippen LogP contribution in [0.4, 0.5) is 5.69 Å². The fraction of sp³-hybridized carbons (Fsp3) is 0.188. The molecule has 23 heavy (non-hydrogen) atoms. The molecule has 0 aliphatic carbocycles. The van der Waals surface area contributed by atoms with E-state index in [1.807, 2.05) is 5.38 Å². The number of nitrogens with zero attached hydrogens (tertiary/aromatic N) is 1. The van der Waals surface area contributed by atoms with Crippen molar-refractivity contribution >= 4 is 39.9 Å². The van der Waals surface area contributed by atoms with E-state index in [9.17, 15) is 9.59 Å². The van der Waals surface area contributed by atoms with Crippen molar-refractivity contribution in [2.24, 2.45) is 0 Å². The van der Waals surface area contributed by atoms with Crippen LogP contribution in [0.5, 0.6) is 0 Å². The minimum atomic E-state index is -0.653. The first-order chi connectivity index (χ1) is 11.0. The average molecular weight is 329 g/mol. The molecule has 0 spiro atoms. The maximum absolute atomic E-state index is 12.2. The number of benzene rings is 1. The van der Waals surface area contributed by atoms with Gasteiger partial charge in [0.1, 0.15) is 11.6 Å². The number of hydrogen-bond donors (Lipinski definition) is 2. The van der Waals surface area contributed by atoms with E-state index in [2.05, 4.69) is 15.6 Å². The molecule has 2 N–H and O–H groups in total. The van der Waals surface area contributed by atoms with Gasteiger partial charge in [-0.3, -0.25) is 9.59 Å². The number of rotatable bonds is 4. The third-order valence-corrected chi connectivity index (χ3v) is 4.12. The summed E-state index contributed by atoms with van der Waals surface area (Å²) in [4.78, 5) is 28.9. The smallest absolute Gasteiger partial charge is 0.261 e. The van der Waals surface area contributed by atoms with Gasteiger partial charge in [0, 0.05) is 12.6 Å². The second-order valence-electron chi connectivity index (χ2n) is 5.08. The summed E-state index contributed by atoms with van der Waals surface area (Å²) in [6, 6.07) is 8.07. The van der Waals surface area contributed by atoms with Crippen LogP contribution in [0.3, 0.4) is 0 Å². The monoisotopic (exact) mass is 329 g/mol. The number of aryl methyl sites for hydroxylation is 1. The van der Waals surface area contributed by atoms with E-state index in [4.69, 9.17) is 4.42 Å². The number of hydrogen-bond acceptors (Lipinski definition) is 5. The van der Waals surface area contributed by atoms with Crippen molar-refractivity contribution in [2.75, 3.05) is 5.32 Å². The third-order valence-electron chi connectivity index (χ3n) is 3.25. The number of anilines is 1. The van der Waals surface area contributed by atoms with Crippen LogP contribution in [0, 0.1) is 6.92 Å². The standard InChI is InChI=1S/C16H15N3O3S/c1-9(17-16(21)14-4-3-7-23-14)15(20)19-11-5-6-13-12(8-11)18-10(2)22-13/h3-9H,1-2H3,(H,17,21)(H,19,20). The Labute approximate surface area is 136 Å². The van der Waals surface area contributed by atoms with Gasteiger partial charge in [-0.1, -0.05) is 6.07 Å². The Morgan fingerprint density at radius 2 is 2.13 bits per heavy atom. The summed E-state index contributed by atoms with van der Waals surface area (Å²) in [7, 11) is 0. The zero-order valence-corrected chi connectivity index (χ0v) is 13.4.